The van der Waals surface area contributed by atoms with Gasteiger partial charge in [0.05, 0.1) is 0 Å². The Morgan fingerprint density at radius 2 is 1.50 bits per heavy atom. The molecule has 0 aliphatic rings. The molecule has 0 spiro atoms. The molecule has 0 aromatic rings. The Morgan fingerprint density at radius 1 is 1.00 bits per heavy atom. The van der Waals surface area contributed by atoms with Crippen LogP contribution in [0.3, 0.4) is 0 Å². The van der Waals surface area contributed by atoms with Crippen LogP contribution in [0.25, 0.3) is 0 Å². The fraction of sp³-hybridized carbons (Fsp3) is 0.800. The summed E-state index contributed by atoms with van der Waals surface area (Å²) in [4.78, 5) is 11.7. The number of unbranched alkanes of at least 4 members (excludes halogenated alkanes) is 2. The van der Waals surface area contributed by atoms with Crippen molar-refractivity contribution < 1.29 is 4.79 Å². The van der Waals surface area contributed by atoms with Gasteiger partial charge in [-0.2, -0.15) is 0 Å². The SMILES string of the molecule is CCCCCC(C(C)=O)=C(C(C)C)C(C)C. The van der Waals surface area contributed by atoms with E-state index in [1.807, 2.05) is 0 Å². The van der Waals surface area contributed by atoms with Crippen LogP contribution in [-0.4, -0.2) is 5.78 Å². The first-order chi connectivity index (χ1) is 7.41. The zero-order valence-electron chi connectivity index (χ0n) is 11.9. The largest absolute Gasteiger partial charge is 0.295 e. The van der Waals surface area contributed by atoms with Gasteiger partial charge in [-0.3, -0.25) is 4.79 Å². The van der Waals surface area contributed by atoms with E-state index in [1.165, 1.54) is 18.4 Å². The topological polar surface area (TPSA) is 17.1 Å². The molecule has 0 rings (SSSR count). The first-order valence-corrected chi connectivity index (χ1v) is 6.65. The minimum absolute atomic E-state index is 0.272. The number of hydrogen-bond donors (Lipinski definition) is 0. The summed E-state index contributed by atoms with van der Waals surface area (Å²) in [5.41, 5.74) is 2.46. The van der Waals surface area contributed by atoms with Gasteiger partial charge in [-0.15, -0.1) is 0 Å². The van der Waals surface area contributed by atoms with Crippen molar-refractivity contribution in [2.75, 3.05) is 0 Å². The first-order valence-electron chi connectivity index (χ1n) is 6.65. The van der Waals surface area contributed by atoms with Gasteiger partial charge in [-0.25, -0.2) is 0 Å². The molecule has 0 radical (unpaired) electrons. The summed E-state index contributed by atoms with van der Waals surface area (Å²) in [6.45, 7) is 12.7. The average Bonchev–Trinajstić information content (AvgIpc) is 2.14. The molecule has 0 aromatic carbocycles. The number of carbonyl (C=O) groups excluding carboxylic acids is 1. The molecule has 1 nitrogen and oxygen atoms in total. The van der Waals surface area contributed by atoms with Gasteiger partial charge in [0.15, 0.2) is 5.78 Å². The van der Waals surface area contributed by atoms with Gasteiger partial charge in [0.1, 0.15) is 0 Å². The maximum atomic E-state index is 11.7. The van der Waals surface area contributed by atoms with E-state index in [-0.39, 0.29) is 5.78 Å². The highest BCUT2D eigenvalue weighted by molar-refractivity contribution is 5.94. The predicted octanol–water partition coefficient (Wildman–Crippen LogP) is 4.76. The molecular weight excluding hydrogens is 196 g/mol. The van der Waals surface area contributed by atoms with E-state index in [4.69, 9.17) is 0 Å². The summed E-state index contributed by atoms with van der Waals surface area (Å²) in [6, 6.07) is 0. The van der Waals surface area contributed by atoms with E-state index in [2.05, 4.69) is 34.6 Å². The highest BCUT2D eigenvalue weighted by atomic mass is 16.1. The third-order valence-corrected chi connectivity index (χ3v) is 3.05. The number of carbonyl (C=O) groups is 1. The van der Waals surface area contributed by atoms with E-state index in [9.17, 15) is 4.79 Å². The fourth-order valence-electron chi connectivity index (χ4n) is 2.44. The van der Waals surface area contributed by atoms with Crippen LogP contribution in [-0.2, 0) is 4.79 Å². The standard InChI is InChI=1S/C15H28O/c1-7-8-9-10-14(13(6)16)15(11(2)3)12(4)5/h11-12H,7-10H2,1-6H3. The Labute approximate surface area is 101 Å². The summed E-state index contributed by atoms with van der Waals surface area (Å²) in [5, 5.41) is 0. The Morgan fingerprint density at radius 3 is 1.81 bits per heavy atom. The number of rotatable bonds is 7. The molecule has 0 saturated carbocycles. The summed E-state index contributed by atoms with van der Waals surface area (Å²) in [7, 11) is 0. The van der Waals surface area contributed by atoms with Crippen LogP contribution in [0.5, 0.6) is 0 Å². The van der Waals surface area contributed by atoms with Crippen LogP contribution >= 0.6 is 0 Å². The van der Waals surface area contributed by atoms with Crippen molar-refractivity contribution in [3.63, 3.8) is 0 Å². The smallest absolute Gasteiger partial charge is 0.155 e. The second-order valence-electron chi connectivity index (χ2n) is 5.26. The third kappa shape index (κ3) is 4.96. The van der Waals surface area contributed by atoms with Crippen LogP contribution in [0.1, 0.15) is 67.2 Å². The Hall–Kier alpha value is -0.590. The van der Waals surface area contributed by atoms with Gasteiger partial charge in [0.2, 0.25) is 0 Å². The summed E-state index contributed by atoms with van der Waals surface area (Å²) in [5.74, 6) is 1.24. The minimum Gasteiger partial charge on any atom is -0.295 e. The lowest BCUT2D eigenvalue weighted by molar-refractivity contribution is -0.113. The number of allylic oxidation sites excluding steroid dienone is 2. The summed E-state index contributed by atoms with van der Waals surface area (Å²) in [6.07, 6.45) is 4.55. The quantitative estimate of drug-likeness (QED) is 0.450. The van der Waals surface area contributed by atoms with Gasteiger partial charge >= 0.3 is 0 Å². The molecule has 0 heterocycles. The molecule has 0 bridgehead atoms. The molecule has 0 saturated heterocycles. The molecule has 0 aliphatic carbocycles. The maximum absolute atomic E-state index is 11.7. The van der Waals surface area contributed by atoms with Crippen LogP contribution in [0.15, 0.2) is 11.1 Å². The molecule has 0 aliphatic heterocycles. The number of ketones is 1. The van der Waals surface area contributed by atoms with E-state index in [0.29, 0.717) is 11.8 Å². The van der Waals surface area contributed by atoms with E-state index in [0.717, 1.165) is 18.4 Å². The van der Waals surface area contributed by atoms with Crippen molar-refractivity contribution in [2.24, 2.45) is 11.8 Å². The molecule has 0 unspecified atom stereocenters. The van der Waals surface area contributed by atoms with Crippen LogP contribution < -0.4 is 0 Å². The average molecular weight is 224 g/mol. The van der Waals surface area contributed by atoms with Gasteiger partial charge < -0.3 is 0 Å². The molecule has 0 N–H and O–H groups in total. The van der Waals surface area contributed by atoms with Crippen LogP contribution in [0, 0.1) is 11.8 Å². The van der Waals surface area contributed by atoms with Crippen molar-refractivity contribution in [1.82, 2.24) is 0 Å². The van der Waals surface area contributed by atoms with Crippen molar-refractivity contribution in [2.45, 2.75) is 67.2 Å². The lowest BCUT2D eigenvalue weighted by atomic mass is 9.85. The third-order valence-electron chi connectivity index (χ3n) is 3.05. The van der Waals surface area contributed by atoms with Crippen LogP contribution in [0.4, 0.5) is 0 Å². The molecule has 0 amide bonds. The highest BCUT2D eigenvalue weighted by Gasteiger charge is 2.16. The van der Waals surface area contributed by atoms with Gasteiger partial charge in [0.25, 0.3) is 0 Å². The highest BCUT2D eigenvalue weighted by Crippen LogP contribution is 2.27. The Kier molecular flexibility index (Phi) is 7.36. The molecule has 16 heavy (non-hydrogen) atoms. The maximum Gasteiger partial charge on any atom is 0.155 e. The second-order valence-corrected chi connectivity index (χ2v) is 5.26. The fourth-order valence-corrected chi connectivity index (χ4v) is 2.44. The molecule has 0 aromatic heterocycles. The van der Waals surface area contributed by atoms with Crippen molar-refractivity contribution in [3.05, 3.63) is 11.1 Å². The zero-order valence-corrected chi connectivity index (χ0v) is 11.9. The van der Waals surface area contributed by atoms with E-state index >= 15 is 0 Å². The van der Waals surface area contributed by atoms with Gasteiger partial charge in [-0.05, 0) is 37.2 Å². The minimum atomic E-state index is 0.272. The van der Waals surface area contributed by atoms with E-state index in [1.54, 1.807) is 6.92 Å². The molecule has 0 fully saturated rings. The van der Waals surface area contributed by atoms with Gasteiger partial charge in [-0.1, -0.05) is 53.0 Å². The predicted molar refractivity (Wildman–Crippen MR) is 71.5 cm³/mol. The Balaban J connectivity index is 4.93. The lowest BCUT2D eigenvalue weighted by Crippen LogP contribution is -2.11. The number of Topliss-reactive ketones (excluding diaryl/α,β-unsaturated/α-hetero) is 1. The Bertz CT molecular complexity index is 236. The lowest BCUT2D eigenvalue weighted by Gasteiger charge is -2.20. The summed E-state index contributed by atoms with van der Waals surface area (Å²) >= 11 is 0. The van der Waals surface area contributed by atoms with Crippen molar-refractivity contribution >= 4 is 5.78 Å². The normalized spacial score (nSPS) is 11.0. The molecule has 0 atom stereocenters. The molecule has 1 heteroatoms. The van der Waals surface area contributed by atoms with Crippen molar-refractivity contribution in [1.29, 1.82) is 0 Å². The summed E-state index contributed by atoms with van der Waals surface area (Å²) < 4.78 is 0. The first kappa shape index (κ1) is 15.4. The van der Waals surface area contributed by atoms with Crippen molar-refractivity contribution in [3.8, 4) is 0 Å². The van der Waals surface area contributed by atoms with Gasteiger partial charge in [0, 0.05) is 0 Å². The van der Waals surface area contributed by atoms with E-state index < -0.39 is 0 Å². The molecular formula is C15H28O. The monoisotopic (exact) mass is 224 g/mol. The second kappa shape index (κ2) is 7.65. The van der Waals surface area contributed by atoms with Crippen LogP contribution in [0.2, 0.25) is 0 Å². The zero-order chi connectivity index (χ0) is 12.7. The molecule has 94 valence electrons. The number of hydrogen-bond acceptors (Lipinski definition) is 1.